The van der Waals surface area contributed by atoms with Gasteiger partial charge in [0, 0.05) is 13.2 Å². The predicted octanol–water partition coefficient (Wildman–Crippen LogP) is 7.03. The molecule has 0 bridgehead atoms. The quantitative estimate of drug-likeness (QED) is 0.233. The van der Waals surface area contributed by atoms with E-state index in [0.29, 0.717) is 0 Å². The Morgan fingerprint density at radius 3 is 2.64 bits per heavy atom. The molecule has 0 aromatic heterocycles. The summed E-state index contributed by atoms with van der Waals surface area (Å²) in [6.07, 6.45) is 25.1. The fourth-order valence-corrected chi connectivity index (χ4v) is 3.89. The second-order valence-corrected chi connectivity index (χ2v) is 8.16. The Bertz CT molecular complexity index is 333. The minimum absolute atomic E-state index is 0.0957. The number of allylic oxidation sites excluding steroid dienone is 2. The highest BCUT2D eigenvalue weighted by molar-refractivity contribution is 5.01. The first-order chi connectivity index (χ1) is 12.4. The minimum atomic E-state index is 0.0957. The molecule has 1 heterocycles. The molecule has 1 unspecified atom stereocenters. The molecule has 0 aromatic carbocycles. The van der Waals surface area contributed by atoms with Gasteiger partial charge >= 0.3 is 0 Å². The number of hydrogen-bond donors (Lipinski definition) is 0. The Balaban J connectivity index is 1.32. The Labute approximate surface area is 156 Å². The van der Waals surface area contributed by atoms with Gasteiger partial charge < -0.3 is 9.47 Å². The van der Waals surface area contributed by atoms with Crippen molar-refractivity contribution in [3.63, 3.8) is 0 Å². The third kappa shape index (κ3) is 10.4. The van der Waals surface area contributed by atoms with E-state index < -0.39 is 0 Å². The van der Waals surface area contributed by atoms with Crippen LogP contribution >= 0.6 is 0 Å². The summed E-state index contributed by atoms with van der Waals surface area (Å²) < 4.78 is 11.4. The Kier molecular flexibility index (Phi) is 11.6. The van der Waals surface area contributed by atoms with Crippen molar-refractivity contribution in [3.05, 3.63) is 12.2 Å². The van der Waals surface area contributed by atoms with Crippen LogP contribution in [0.5, 0.6) is 0 Å². The Morgan fingerprint density at radius 1 is 0.960 bits per heavy atom. The average Bonchev–Trinajstić information content (AvgIpc) is 3.39. The smallest absolute Gasteiger partial charge is 0.157 e. The van der Waals surface area contributed by atoms with Crippen molar-refractivity contribution in [1.29, 1.82) is 0 Å². The third-order valence-electron chi connectivity index (χ3n) is 5.75. The van der Waals surface area contributed by atoms with Crippen LogP contribution in [-0.2, 0) is 9.47 Å². The summed E-state index contributed by atoms with van der Waals surface area (Å²) in [6.45, 7) is 4.06. The summed E-state index contributed by atoms with van der Waals surface area (Å²) in [4.78, 5) is 0. The largest absolute Gasteiger partial charge is 0.353 e. The summed E-state index contributed by atoms with van der Waals surface area (Å²) in [5.74, 6) is 1.90. The van der Waals surface area contributed by atoms with E-state index in [1.54, 1.807) is 0 Å². The highest BCUT2D eigenvalue weighted by atomic mass is 16.7. The van der Waals surface area contributed by atoms with Crippen molar-refractivity contribution in [2.75, 3.05) is 13.2 Å². The van der Waals surface area contributed by atoms with Gasteiger partial charge in [-0.25, -0.2) is 0 Å². The van der Waals surface area contributed by atoms with Crippen LogP contribution < -0.4 is 0 Å². The molecule has 0 aromatic rings. The Morgan fingerprint density at radius 2 is 1.80 bits per heavy atom. The number of rotatable bonds is 15. The van der Waals surface area contributed by atoms with Crippen molar-refractivity contribution in [2.24, 2.45) is 11.8 Å². The predicted molar refractivity (Wildman–Crippen MR) is 107 cm³/mol. The van der Waals surface area contributed by atoms with E-state index in [4.69, 9.17) is 9.47 Å². The molecule has 3 atom stereocenters. The molecule has 25 heavy (non-hydrogen) atoms. The van der Waals surface area contributed by atoms with Crippen molar-refractivity contribution in [2.45, 2.75) is 110 Å². The van der Waals surface area contributed by atoms with Crippen molar-refractivity contribution < 1.29 is 9.47 Å². The maximum absolute atomic E-state index is 5.80. The molecule has 2 rings (SSSR count). The zero-order valence-corrected chi connectivity index (χ0v) is 16.7. The van der Waals surface area contributed by atoms with Crippen LogP contribution in [0.1, 0.15) is 103 Å². The first kappa shape index (κ1) is 21.0. The van der Waals surface area contributed by atoms with E-state index in [9.17, 15) is 0 Å². The monoisotopic (exact) mass is 350 g/mol. The van der Waals surface area contributed by atoms with Crippen LogP contribution in [0.4, 0.5) is 0 Å². The fraction of sp³-hybridized carbons (Fsp3) is 0.913. The minimum Gasteiger partial charge on any atom is -0.353 e. The molecule has 1 saturated heterocycles. The standard InChI is InChI=1S/C23H42O2/c1-2-3-4-5-6-7-8-10-15-21-20-22(21)16-11-9-13-18-24-23-17-12-14-19-25-23/h10,15,21-23H,2-9,11-14,16-20H2,1H3/b15-10-/t21-,22+,23?/m0/s1. The van der Waals surface area contributed by atoms with Gasteiger partial charge in [0.05, 0.1) is 0 Å². The van der Waals surface area contributed by atoms with E-state index in [-0.39, 0.29) is 6.29 Å². The lowest BCUT2D eigenvalue weighted by atomic mass is 10.1. The first-order valence-electron chi connectivity index (χ1n) is 11.3. The zero-order chi connectivity index (χ0) is 17.6. The second-order valence-electron chi connectivity index (χ2n) is 8.16. The highest BCUT2D eigenvalue weighted by Gasteiger charge is 2.33. The maximum atomic E-state index is 5.80. The molecular weight excluding hydrogens is 308 g/mol. The summed E-state index contributed by atoms with van der Waals surface area (Å²) in [5.41, 5.74) is 0. The van der Waals surface area contributed by atoms with Gasteiger partial charge in [-0.2, -0.15) is 0 Å². The lowest BCUT2D eigenvalue weighted by molar-refractivity contribution is -0.162. The summed E-state index contributed by atoms with van der Waals surface area (Å²) in [6, 6.07) is 0. The molecule has 0 spiro atoms. The van der Waals surface area contributed by atoms with E-state index >= 15 is 0 Å². The topological polar surface area (TPSA) is 18.5 Å². The fourth-order valence-electron chi connectivity index (χ4n) is 3.89. The average molecular weight is 351 g/mol. The van der Waals surface area contributed by atoms with E-state index in [0.717, 1.165) is 31.5 Å². The van der Waals surface area contributed by atoms with E-state index in [1.165, 1.54) is 89.9 Å². The van der Waals surface area contributed by atoms with Gasteiger partial charge in [0.15, 0.2) is 6.29 Å². The van der Waals surface area contributed by atoms with Gasteiger partial charge in [-0.1, -0.05) is 64.0 Å². The lowest BCUT2D eigenvalue weighted by Crippen LogP contribution is -2.22. The molecular formula is C23H42O2. The Hall–Kier alpha value is -0.340. The van der Waals surface area contributed by atoms with Crippen LogP contribution in [0, 0.1) is 11.8 Å². The molecule has 0 radical (unpaired) electrons. The van der Waals surface area contributed by atoms with E-state index in [1.807, 2.05) is 0 Å². The maximum Gasteiger partial charge on any atom is 0.157 e. The van der Waals surface area contributed by atoms with Gasteiger partial charge in [0.2, 0.25) is 0 Å². The zero-order valence-electron chi connectivity index (χ0n) is 16.7. The molecule has 0 amide bonds. The molecule has 2 nitrogen and oxygen atoms in total. The van der Waals surface area contributed by atoms with Gasteiger partial charge in [0.1, 0.15) is 0 Å². The second kappa shape index (κ2) is 13.8. The molecule has 2 fully saturated rings. The highest BCUT2D eigenvalue weighted by Crippen LogP contribution is 2.43. The molecule has 1 saturated carbocycles. The SMILES string of the molecule is CCCCCCCC/C=C\[C@H]1C[C@H]1CCCCCOC1CCCCO1. The van der Waals surface area contributed by atoms with Crippen LogP contribution in [0.15, 0.2) is 12.2 Å². The van der Waals surface area contributed by atoms with Gasteiger partial charge in [-0.3, -0.25) is 0 Å². The van der Waals surface area contributed by atoms with Crippen molar-refractivity contribution in [3.8, 4) is 0 Å². The first-order valence-corrected chi connectivity index (χ1v) is 11.3. The third-order valence-corrected chi connectivity index (χ3v) is 5.75. The van der Waals surface area contributed by atoms with Gasteiger partial charge in [0.25, 0.3) is 0 Å². The molecule has 1 aliphatic heterocycles. The normalized spacial score (nSPS) is 26.4. The molecule has 2 aliphatic rings. The van der Waals surface area contributed by atoms with Crippen LogP contribution in [0.25, 0.3) is 0 Å². The van der Waals surface area contributed by atoms with Crippen LogP contribution in [0.3, 0.4) is 0 Å². The van der Waals surface area contributed by atoms with Crippen LogP contribution in [-0.4, -0.2) is 19.5 Å². The lowest BCUT2D eigenvalue weighted by Gasteiger charge is -2.22. The van der Waals surface area contributed by atoms with Crippen molar-refractivity contribution >= 4 is 0 Å². The number of ether oxygens (including phenoxy) is 2. The van der Waals surface area contributed by atoms with Crippen molar-refractivity contribution in [1.82, 2.24) is 0 Å². The summed E-state index contributed by atoms with van der Waals surface area (Å²) in [7, 11) is 0. The summed E-state index contributed by atoms with van der Waals surface area (Å²) >= 11 is 0. The van der Waals surface area contributed by atoms with Gasteiger partial charge in [-0.15, -0.1) is 0 Å². The molecule has 2 heteroatoms. The van der Waals surface area contributed by atoms with Gasteiger partial charge in [-0.05, 0) is 63.2 Å². The number of unbranched alkanes of at least 4 members (excludes halogenated alkanes) is 8. The molecule has 146 valence electrons. The van der Waals surface area contributed by atoms with E-state index in [2.05, 4.69) is 19.1 Å². The molecule has 0 N–H and O–H groups in total. The number of hydrogen-bond acceptors (Lipinski definition) is 2. The molecule has 1 aliphatic carbocycles. The van der Waals surface area contributed by atoms with Crippen LogP contribution in [0.2, 0.25) is 0 Å². The summed E-state index contributed by atoms with van der Waals surface area (Å²) in [5, 5.41) is 0.